The van der Waals surface area contributed by atoms with Gasteiger partial charge in [0.15, 0.2) is 0 Å². The molecule has 34 heavy (non-hydrogen) atoms. The van der Waals surface area contributed by atoms with Gasteiger partial charge in [0.1, 0.15) is 23.0 Å². The molecule has 0 bridgehead atoms. The van der Waals surface area contributed by atoms with Crippen molar-refractivity contribution in [3.8, 4) is 23.0 Å². The summed E-state index contributed by atoms with van der Waals surface area (Å²) in [6, 6.07) is 33.4. The van der Waals surface area contributed by atoms with Crippen LogP contribution < -0.4 is 18.1 Å². The Labute approximate surface area is 197 Å². The summed E-state index contributed by atoms with van der Waals surface area (Å²) in [7, 11) is -8.27. The Morgan fingerprint density at radius 2 is 0.559 bits per heavy atom. The first-order valence-corrected chi connectivity index (χ1v) is 12.9. The molecule has 176 valence electrons. The van der Waals surface area contributed by atoms with Gasteiger partial charge in [-0.1, -0.05) is 72.8 Å². The smallest absolute Gasteiger partial charge is 0.395 e. The van der Waals surface area contributed by atoms with Gasteiger partial charge in [0.2, 0.25) is 0 Å². The van der Waals surface area contributed by atoms with Crippen LogP contribution in [0.25, 0.3) is 0 Å². The van der Waals surface area contributed by atoms with E-state index >= 15 is 0 Å². The van der Waals surface area contributed by atoms with Crippen molar-refractivity contribution in [3.63, 3.8) is 0 Å². The molecule has 0 radical (unpaired) electrons. The Kier molecular flexibility index (Phi) is 8.91. The van der Waals surface area contributed by atoms with Crippen molar-refractivity contribution in [1.29, 1.82) is 0 Å². The average molecular weight is 500 g/mol. The van der Waals surface area contributed by atoms with Crippen LogP contribution in [0.5, 0.6) is 23.0 Å². The minimum Gasteiger partial charge on any atom is -0.395 e. The lowest BCUT2D eigenvalue weighted by molar-refractivity contribution is 0.289. The van der Waals surface area contributed by atoms with E-state index < -0.39 is 15.6 Å². The van der Waals surface area contributed by atoms with Gasteiger partial charge in [0, 0.05) is 0 Å². The summed E-state index contributed by atoms with van der Waals surface area (Å²) in [6.45, 7) is 0. The highest BCUT2D eigenvalue weighted by Gasteiger charge is 2.25. The third-order valence-electron chi connectivity index (χ3n) is 3.86. The van der Waals surface area contributed by atoms with E-state index in [1.165, 1.54) is 0 Å². The van der Waals surface area contributed by atoms with Crippen LogP contribution in [-0.4, -0.2) is 9.79 Å². The van der Waals surface area contributed by atoms with Crippen LogP contribution in [0.2, 0.25) is 0 Å². The summed E-state index contributed by atoms with van der Waals surface area (Å²) in [5.41, 5.74) is 0. The molecule has 0 aliphatic heterocycles. The number of para-hydroxylation sites is 4. The Morgan fingerprint density at radius 1 is 0.382 bits per heavy atom. The molecule has 0 aromatic heterocycles. The topological polar surface area (TPSA) is 112 Å². The number of hydrogen-bond donors (Lipinski definition) is 2. The van der Waals surface area contributed by atoms with Crippen LogP contribution >= 0.6 is 15.6 Å². The molecular weight excluding hydrogens is 478 g/mol. The van der Waals surface area contributed by atoms with Crippen LogP contribution in [0.4, 0.5) is 0 Å². The summed E-state index contributed by atoms with van der Waals surface area (Å²) in [5, 5.41) is 0. The number of rotatable bonds is 8. The number of phosphoric acid groups is 2. The zero-order chi connectivity index (χ0) is 24.3. The average Bonchev–Trinajstić information content (AvgIpc) is 2.81. The first kappa shape index (κ1) is 25.1. The highest BCUT2D eigenvalue weighted by atomic mass is 31.2. The van der Waals surface area contributed by atoms with E-state index in [-0.39, 0.29) is 23.0 Å². The largest absolute Gasteiger partial charge is 0.584 e. The molecule has 4 aromatic carbocycles. The molecule has 4 aromatic rings. The van der Waals surface area contributed by atoms with E-state index in [2.05, 4.69) is 0 Å². The van der Waals surface area contributed by atoms with Gasteiger partial charge in [-0.2, -0.15) is 0 Å². The Bertz CT molecular complexity index is 1030. The molecular formula is C24H22O8P2. The molecule has 2 N–H and O–H groups in total. The summed E-state index contributed by atoms with van der Waals surface area (Å²) in [4.78, 5) is 19.1. The lowest BCUT2D eigenvalue weighted by Gasteiger charge is -2.13. The van der Waals surface area contributed by atoms with Gasteiger partial charge in [-0.15, -0.1) is 0 Å². The molecule has 8 nitrogen and oxygen atoms in total. The van der Waals surface area contributed by atoms with E-state index in [0.29, 0.717) is 0 Å². The van der Waals surface area contributed by atoms with Crippen LogP contribution in [0, 0.1) is 0 Å². The monoisotopic (exact) mass is 500 g/mol. The predicted octanol–water partition coefficient (Wildman–Crippen LogP) is 6.49. The fourth-order valence-electron chi connectivity index (χ4n) is 2.50. The molecule has 0 saturated carbocycles. The van der Waals surface area contributed by atoms with E-state index in [0.717, 1.165) is 0 Å². The first-order chi connectivity index (χ1) is 16.3. The van der Waals surface area contributed by atoms with Crippen molar-refractivity contribution < 1.29 is 37.0 Å². The van der Waals surface area contributed by atoms with Crippen molar-refractivity contribution in [2.24, 2.45) is 0 Å². The minimum atomic E-state index is -4.14. The summed E-state index contributed by atoms with van der Waals surface area (Å²) >= 11 is 0. The van der Waals surface area contributed by atoms with Crippen molar-refractivity contribution >= 4 is 15.6 Å². The van der Waals surface area contributed by atoms with E-state index in [9.17, 15) is 18.9 Å². The van der Waals surface area contributed by atoms with Gasteiger partial charge in [-0.25, -0.2) is 9.13 Å². The second-order valence-electron chi connectivity index (χ2n) is 6.55. The summed E-state index contributed by atoms with van der Waals surface area (Å²) in [6.07, 6.45) is 0. The molecule has 10 heteroatoms. The predicted molar refractivity (Wildman–Crippen MR) is 128 cm³/mol. The third kappa shape index (κ3) is 9.14. The highest BCUT2D eigenvalue weighted by Crippen LogP contribution is 2.45. The van der Waals surface area contributed by atoms with Crippen LogP contribution in [0.15, 0.2) is 121 Å². The molecule has 0 unspecified atom stereocenters. The summed E-state index contributed by atoms with van der Waals surface area (Å²) < 4.78 is 42.9. The van der Waals surface area contributed by atoms with Crippen molar-refractivity contribution in [2.75, 3.05) is 0 Å². The fraction of sp³-hybridized carbons (Fsp3) is 0. The zero-order valence-corrected chi connectivity index (χ0v) is 19.6. The molecule has 0 amide bonds. The second kappa shape index (κ2) is 12.1. The minimum absolute atomic E-state index is 0.286. The normalized spacial score (nSPS) is 10.9. The molecule has 0 aliphatic carbocycles. The van der Waals surface area contributed by atoms with Gasteiger partial charge >= 0.3 is 15.6 Å². The lowest BCUT2D eigenvalue weighted by Crippen LogP contribution is -1.99. The van der Waals surface area contributed by atoms with E-state index in [1.807, 2.05) is 0 Å². The quantitative estimate of drug-likeness (QED) is 0.264. The Morgan fingerprint density at radius 3 is 0.735 bits per heavy atom. The van der Waals surface area contributed by atoms with Gasteiger partial charge in [-0.05, 0) is 48.5 Å². The molecule has 0 heterocycles. The van der Waals surface area contributed by atoms with Gasteiger partial charge in [0.25, 0.3) is 0 Å². The lowest BCUT2D eigenvalue weighted by atomic mass is 10.3. The Hall–Kier alpha value is -3.54. The maximum atomic E-state index is 11.7. The van der Waals surface area contributed by atoms with Crippen molar-refractivity contribution in [1.82, 2.24) is 0 Å². The fourth-order valence-corrected chi connectivity index (χ4v) is 4.12. The van der Waals surface area contributed by atoms with Crippen LogP contribution in [0.3, 0.4) is 0 Å². The number of phosphoric ester groups is 2. The molecule has 0 atom stereocenters. The van der Waals surface area contributed by atoms with E-state index in [1.54, 1.807) is 121 Å². The highest BCUT2D eigenvalue weighted by molar-refractivity contribution is 7.48. The number of hydrogen-bond acceptors (Lipinski definition) is 6. The third-order valence-corrected chi connectivity index (χ3v) is 5.62. The van der Waals surface area contributed by atoms with Gasteiger partial charge in [0.05, 0.1) is 0 Å². The number of benzene rings is 4. The molecule has 0 fully saturated rings. The zero-order valence-electron chi connectivity index (χ0n) is 17.8. The standard InChI is InChI=1S/2C12H11O4P/c2*13-17(14,15-11-7-3-1-4-8-11)16-12-9-5-2-6-10-12/h2*1-10H,(H,13,14). The van der Waals surface area contributed by atoms with Crippen molar-refractivity contribution in [3.05, 3.63) is 121 Å². The maximum absolute atomic E-state index is 11.7. The van der Waals surface area contributed by atoms with E-state index in [4.69, 9.17) is 18.1 Å². The SMILES string of the molecule is O=P(O)(Oc1ccccc1)Oc1ccccc1.O=P(O)(Oc1ccccc1)Oc1ccccc1. The molecule has 4 rings (SSSR count). The Balaban J connectivity index is 0.000000191. The first-order valence-electron chi connectivity index (χ1n) is 9.95. The second-order valence-corrected chi connectivity index (χ2v) is 9.16. The molecule has 0 spiro atoms. The van der Waals surface area contributed by atoms with Crippen LogP contribution in [0.1, 0.15) is 0 Å². The molecule has 0 aliphatic rings. The summed E-state index contributed by atoms with van der Waals surface area (Å²) in [5.74, 6) is 1.15. The molecule has 0 saturated heterocycles. The van der Waals surface area contributed by atoms with Crippen LogP contribution in [-0.2, 0) is 9.13 Å². The van der Waals surface area contributed by atoms with Crippen molar-refractivity contribution in [2.45, 2.75) is 0 Å². The van der Waals surface area contributed by atoms with Gasteiger partial charge in [-0.3, -0.25) is 9.79 Å². The maximum Gasteiger partial charge on any atom is 0.584 e. The van der Waals surface area contributed by atoms with Gasteiger partial charge < -0.3 is 18.1 Å².